The Morgan fingerprint density at radius 2 is 2.00 bits per heavy atom. The van der Waals surface area contributed by atoms with Gasteiger partial charge in [-0.05, 0) is 43.0 Å². The lowest BCUT2D eigenvalue weighted by atomic mass is 9.93. The molecule has 2 N–H and O–H groups in total. The number of benzene rings is 1. The molecule has 2 amide bonds. The van der Waals surface area contributed by atoms with Crippen molar-refractivity contribution < 1.29 is 19.1 Å². The number of ether oxygens (including phenoxy) is 2. The van der Waals surface area contributed by atoms with Gasteiger partial charge in [-0.25, -0.2) is 0 Å². The van der Waals surface area contributed by atoms with E-state index in [9.17, 15) is 9.59 Å². The summed E-state index contributed by atoms with van der Waals surface area (Å²) in [5.41, 5.74) is 6.14. The number of hydrogen-bond acceptors (Lipinski definition) is 5. The van der Waals surface area contributed by atoms with E-state index in [1.54, 1.807) is 35.0 Å². The predicted molar refractivity (Wildman–Crippen MR) is 104 cm³/mol. The Kier molecular flexibility index (Phi) is 6.59. The number of rotatable bonds is 5. The average molecular weight is 398 g/mol. The Labute approximate surface area is 166 Å². The van der Waals surface area contributed by atoms with Crippen LogP contribution in [0.1, 0.15) is 37.0 Å². The summed E-state index contributed by atoms with van der Waals surface area (Å²) in [4.78, 5) is 29.3. The molecule has 7 nitrogen and oxygen atoms in total. The number of hydrogen-bond donors (Lipinski definition) is 1. The monoisotopic (exact) mass is 397 g/mol. The van der Waals surface area contributed by atoms with E-state index in [4.69, 9.17) is 15.2 Å². The van der Waals surface area contributed by atoms with Gasteiger partial charge in [-0.1, -0.05) is 13.8 Å². The number of amides is 2. The van der Waals surface area contributed by atoms with Gasteiger partial charge in [0.05, 0.1) is 0 Å². The molecule has 1 saturated heterocycles. The summed E-state index contributed by atoms with van der Waals surface area (Å²) in [5, 5.41) is 0. The van der Waals surface area contributed by atoms with Crippen LogP contribution in [0.3, 0.4) is 0 Å². The van der Waals surface area contributed by atoms with Crippen LogP contribution < -0.4 is 15.2 Å². The maximum absolute atomic E-state index is 13.0. The number of carbonyl (C=O) groups is 2. The van der Waals surface area contributed by atoms with Gasteiger partial charge in [-0.2, -0.15) is 0 Å². The topological polar surface area (TPSA) is 85.1 Å². The van der Waals surface area contributed by atoms with Crippen molar-refractivity contribution in [1.82, 2.24) is 9.80 Å². The summed E-state index contributed by atoms with van der Waals surface area (Å²) in [7, 11) is 1.78. The largest absolute Gasteiger partial charge is 0.454 e. The molecule has 0 spiro atoms. The third-order valence-corrected chi connectivity index (χ3v) is 5.01. The minimum atomic E-state index is -0.425. The maximum atomic E-state index is 13.0. The predicted octanol–water partition coefficient (Wildman–Crippen LogP) is 1.88. The lowest BCUT2D eigenvalue weighted by molar-refractivity contribution is -0.135. The van der Waals surface area contributed by atoms with E-state index in [0.717, 1.165) is 6.42 Å². The van der Waals surface area contributed by atoms with E-state index in [2.05, 4.69) is 0 Å². The quantitative estimate of drug-likeness (QED) is 0.820. The zero-order chi connectivity index (χ0) is 18.9. The second kappa shape index (κ2) is 8.35. The highest BCUT2D eigenvalue weighted by Crippen LogP contribution is 2.33. The van der Waals surface area contributed by atoms with Gasteiger partial charge < -0.3 is 25.0 Å². The van der Waals surface area contributed by atoms with E-state index >= 15 is 0 Å². The number of likely N-dealkylation sites (tertiary alicyclic amines) is 1. The Morgan fingerprint density at radius 3 is 2.70 bits per heavy atom. The Morgan fingerprint density at radius 1 is 1.30 bits per heavy atom. The van der Waals surface area contributed by atoms with Crippen LogP contribution in [0, 0.1) is 5.41 Å². The molecule has 1 atom stereocenters. The molecule has 0 aromatic heterocycles. The first-order valence-electron chi connectivity index (χ1n) is 8.98. The molecule has 0 aliphatic carbocycles. The van der Waals surface area contributed by atoms with Crippen LogP contribution in [0.2, 0.25) is 0 Å². The molecule has 8 heteroatoms. The number of carbonyl (C=O) groups excluding carboxylic acids is 2. The summed E-state index contributed by atoms with van der Waals surface area (Å²) in [6, 6.07) is 4.72. The summed E-state index contributed by atoms with van der Waals surface area (Å²) in [6.45, 7) is 5.86. The first-order valence-corrected chi connectivity index (χ1v) is 8.98. The van der Waals surface area contributed by atoms with Crippen molar-refractivity contribution in [3.05, 3.63) is 23.8 Å². The molecule has 27 heavy (non-hydrogen) atoms. The number of nitrogens with zero attached hydrogens (tertiary/aromatic N) is 2. The number of nitrogens with two attached hydrogens (primary N) is 1. The summed E-state index contributed by atoms with van der Waals surface area (Å²) < 4.78 is 10.6. The van der Waals surface area contributed by atoms with Crippen LogP contribution in [0.4, 0.5) is 0 Å². The highest BCUT2D eigenvalue weighted by molar-refractivity contribution is 5.98. The average Bonchev–Trinajstić information content (AvgIpc) is 3.28. The second-order valence-electron chi connectivity index (χ2n) is 7.79. The molecule has 1 aromatic carbocycles. The van der Waals surface area contributed by atoms with Crippen LogP contribution in [0.5, 0.6) is 11.5 Å². The fourth-order valence-electron chi connectivity index (χ4n) is 3.50. The minimum Gasteiger partial charge on any atom is -0.454 e. The molecule has 1 unspecified atom stereocenters. The van der Waals surface area contributed by atoms with Gasteiger partial charge in [-0.3, -0.25) is 9.59 Å². The van der Waals surface area contributed by atoms with Crippen LogP contribution in [0.25, 0.3) is 0 Å². The van der Waals surface area contributed by atoms with Gasteiger partial charge in [0.25, 0.3) is 5.91 Å². The van der Waals surface area contributed by atoms with Crippen LogP contribution in [-0.4, -0.2) is 61.1 Å². The van der Waals surface area contributed by atoms with Crippen molar-refractivity contribution in [1.29, 1.82) is 0 Å². The van der Waals surface area contributed by atoms with Crippen molar-refractivity contribution >= 4 is 24.2 Å². The Bertz CT molecular complexity index is 710. The molecule has 2 aliphatic rings. The molecule has 150 valence electrons. The van der Waals surface area contributed by atoms with Crippen molar-refractivity contribution in [2.24, 2.45) is 11.1 Å². The van der Waals surface area contributed by atoms with E-state index < -0.39 is 6.04 Å². The highest BCUT2D eigenvalue weighted by Gasteiger charge is 2.37. The molecular weight excluding hydrogens is 370 g/mol. The molecule has 1 aromatic rings. The fourth-order valence-corrected chi connectivity index (χ4v) is 3.50. The summed E-state index contributed by atoms with van der Waals surface area (Å²) in [6.07, 6.45) is 1.50. The molecular formula is C19H28ClN3O4. The third kappa shape index (κ3) is 4.47. The lowest BCUT2D eigenvalue weighted by Crippen LogP contribution is -2.49. The lowest BCUT2D eigenvalue weighted by Gasteiger charge is -2.33. The van der Waals surface area contributed by atoms with Gasteiger partial charge in [0.15, 0.2) is 11.5 Å². The third-order valence-electron chi connectivity index (χ3n) is 5.01. The van der Waals surface area contributed by atoms with Crippen LogP contribution >= 0.6 is 12.4 Å². The first-order chi connectivity index (χ1) is 12.3. The van der Waals surface area contributed by atoms with Crippen molar-refractivity contribution in [2.45, 2.75) is 32.7 Å². The van der Waals surface area contributed by atoms with Gasteiger partial charge in [0.1, 0.15) is 6.04 Å². The van der Waals surface area contributed by atoms with Crippen molar-refractivity contribution in [2.75, 3.05) is 33.5 Å². The number of fused-ring (bicyclic) bond motifs is 1. The van der Waals surface area contributed by atoms with Gasteiger partial charge in [0, 0.05) is 25.7 Å². The maximum Gasteiger partial charge on any atom is 0.254 e. The Balaban J connectivity index is 0.00000261. The fraction of sp³-hybridized carbons (Fsp3) is 0.579. The van der Waals surface area contributed by atoms with E-state index in [-0.39, 0.29) is 36.4 Å². The molecule has 0 bridgehead atoms. The van der Waals surface area contributed by atoms with E-state index in [1.165, 1.54) is 0 Å². The number of likely N-dealkylation sites (N-methyl/N-ethyl adjacent to an activating group) is 1. The van der Waals surface area contributed by atoms with Gasteiger partial charge in [-0.15, -0.1) is 12.4 Å². The highest BCUT2D eigenvalue weighted by atomic mass is 35.5. The smallest absolute Gasteiger partial charge is 0.254 e. The molecule has 2 aliphatic heterocycles. The molecule has 1 fully saturated rings. The second-order valence-corrected chi connectivity index (χ2v) is 7.79. The van der Waals surface area contributed by atoms with Gasteiger partial charge in [0.2, 0.25) is 12.7 Å². The molecule has 0 saturated carbocycles. The SMILES string of the molecule is CN(CC(C)(C)CN)C(=O)C1CCCN1C(=O)c1ccc2c(c1)OCO2.Cl. The standard InChI is InChI=1S/C19H27N3O4.ClH/c1-19(2,10-20)11-21(3)18(24)14-5-4-8-22(14)17(23)13-6-7-15-16(9-13)26-12-25-15;/h6-7,9,14H,4-5,8,10-12,20H2,1-3H3;1H. The van der Waals surface area contributed by atoms with Crippen LogP contribution in [-0.2, 0) is 4.79 Å². The summed E-state index contributed by atoms with van der Waals surface area (Å²) >= 11 is 0. The molecule has 2 heterocycles. The zero-order valence-corrected chi connectivity index (χ0v) is 16.9. The van der Waals surface area contributed by atoms with Gasteiger partial charge >= 0.3 is 0 Å². The van der Waals surface area contributed by atoms with Crippen molar-refractivity contribution in [3.63, 3.8) is 0 Å². The van der Waals surface area contributed by atoms with Crippen LogP contribution in [0.15, 0.2) is 18.2 Å². The Hall–Kier alpha value is -1.99. The normalized spacial score (nSPS) is 18.2. The minimum absolute atomic E-state index is 0. The molecule has 3 rings (SSSR count). The zero-order valence-electron chi connectivity index (χ0n) is 16.1. The van der Waals surface area contributed by atoms with E-state index in [0.29, 0.717) is 43.1 Å². The summed E-state index contributed by atoms with van der Waals surface area (Å²) in [5.74, 6) is 1.03. The first kappa shape index (κ1) is 21.3. The van der Waals surface area contributed by atoms with E-state index in [1.807, 2.05) is 13.8 Å². The van der Waals surface area contributed by atoms with Crippen molar-refractivity contribution in [3.8, 4) is 11.5 Å². The number of halogens is 1. The molecule has 0 radical (unpaired) electrons.